The molecule has 2 atom stereocenters. The van der Waals surface area contributed by atoms with Crippen LogP contribution in [0.15, 0.2) is 30.3 Å². The van der Waals surface area contributed by atoms with Gasteiger partial charge >= 0.3 is 19.5 Å². The van der Waals surface area contributed by atoms with Gasteiger partial charge in [0.05, 0.1) is 31.9 Å². The summed E-state index contributed by atoms with van der Waals surface area (Å²) in [5.41, 5.74) is 0.842. The van der Waals surface area contributed by atoms with E-state index >= 15 is 0 Å². The van der Waals surface area contributed by atoms with Crippen molar-refractivity contribution in [3.8, 4) is 0 Å². The Bertz CT molecular complexity index is 684. The fourth-order valence-electron chi connectivity index (χ4n) is 2.65. The highest BCUT2D eigenvalue weighted by atomic mass is 35.5. The van der Waals surface area contributed by atoms with Crippen molar-refractivity contribution in [1.82, 2.24) is 0 Å². The van der Waals surface area contributed by atoms with Gasteiger partial charge in [0, 0.05) is 6.42 Å². The van der Waals surface area contributed by atoms with Gasteiger partial charge in [0.25, 0.3) is 0 Å². The smallest absolute Gasteiger partial charge is 0.331 e. The van der Waals surface area contributed by atoms with Crippen molar-refractivity contribution in [3.05, 3.63) is 35.9 Å². The second-order valence-electron chi connectivity index (χ2n) is 7.12. The van der Waals surface area contributed by atoms with Crippen LogP contribution in [0.4, 0.5) is 0 Å². The standard InChI is InChI=1S/C22H34ClO7P/c1-3-5-14-27-22(25)20(12-13-21(24)28-18-23)17-31(26,29-15-6-4-2)30-16-19-10-8-7-9-11-19/h7-11,20H,3-6,12-18H2,1-2H3/t20-,31?/m0/s1. The topological polar surface area (TPSA) is 88.1 Å². The average Bonchev–Trinajstić information content (AvgIpc) is 2.76. The van der Waals surface area contributed by atoms with Gasteiger partial charge < -0.3 is 18.5 Å². The summed E-state index contributed by atoms with van der Waals surface area (Å²) in [6.07, 6.45) is 3.07. The monoisotopic (exact) mass is 476 g/mol. The maximum atomic E-state index is 13.5. The highest BCUT2D eigenvalue weighted by Gasteiger charge is 2.34. The Kier molecular flexibility index (Phi) is 14.5. The molecule has 1 rings (SSSR count). The first-order valence-corrected chi connectivity index (χ1v) is 13.0. The average molecular weight is 477 g/mol. The van der Waals surface area contributed by atoms with Crippen LogP contribution in [0.1, 0.15) is 57.9 Å². The van der Waals surface area contributed by atoms with Crippen LogP contribution in [0, 0.1) is 5.92 Å². The van der Waals surface area contributed by atoms with E-state index in [1.165, 1.54) is 0 Å². The summed E-state index contributed by atoms with van der Waals surface area (Å²) in [6, 6.07) is 9.05. The van der Waals surface area contributed by atoms with E-state index in [0.717, 1.165) is 24.8 Å². The van der Waals surface area contributed by atoms with Crippen LogP contribution < -0.4 is 0 Å². The minimum atomic E-state index is -3.62. The molecule has 0 saturated heterocycles. The van der Waals surface area contributed by atoms with Crippen LogP contribution in [0.2, 0.25) is 0 Å². The molecule has 9 heteroatoms. The molecule has 0 amide bonds. The Morgan fingerprint density at radius 1 is 1.00 bits per heavy atom. The molecule has 176 valence electrons. The SMILES string of the molecule is CCCCOC(=O)[C@@H](CCC(=O)OCCl)CP(=O)(OCCCC)OCc1ccccc1. The van der Waals surface area contributed by atoms with Gasteiger partial charge in [-0.25, -0.2) is 0 Å². The quantitative estimate of drug-likeness (QED) is 0.123. The molecule has 0 aliphatic rings. The number of hydrogen-bond donors (Lipinski definition) is 0. The van der Waals surface area contributed by atoms with Crippen molar-refractivity contribution in [3.63, 3.8) is 0 Å². The lowest BCUT2D eigenvalue weighted by Crippen LogP contribution is -2.24. The van der Waals surface area contributed by atoms with Crippen molar-refractivity contribution < 1.29 is 32.7 Å². The first kappa shape index (κ1) is 27.6. The van der Waals surface area contributed by atoms with Crippen molar-refractivity contribution >= 4 is 31.1 Å². The zero-order chi connectivity index (χ0) is 23.0. The predicted molar refractivity (Wildman–Crippen MR) is 120 cm³/mol. The van der Waals surface area contributed by atoms with Crippen LogP contribution >= 0.6 is 19.2 Å². The molecule has 0 aliphatic carbocycles. The molecule has 0 spiro atoms. The number of unbranched alkanes of at least 4 members (excludes halogenated alkanes) is 2. The fraction of sp³-hybridized carbons (Fsp3) is 0.636. The number of ether oxygens (including phenoxy) is 2. The van der Waals surface area contributed by atoms with Crippen LogP contribution in [0.5, 0.6) is 0 Å². The summed E-state index contributed by atoms with van der Waals surface area (Å²) in [6.45, 7) is 4.60. The zero-order valence-electron chi connectivity index (χ0n) is 18.4. The van der Waals surface area contributed by atoms with Gasteiger partial charge in [-0.15, -0.1) is 0 Å². The number of alkyl halides is 1. The van der Waals surface area contributed by atoms with Crippen LogP contribution in [0.25, 0.3) is 0 Å². The van der Waals surface area contributed by atoms with Gasteiger partial charge in [-0.3, -0.25) is 14.2 Å². The van der Waals surface area contributed by atoms with Crippen LogP contribution in [0.3, 0.4) is 0 Å². The lowest BCUT2D eigenvalue weighted by molar-refractivity contribution is -0.149. The van der Waals surface area contributed by atoms with Gasteiger partial charge in [-0.1, -0.05) is 68.6 Å². The molecule has 31 heavy (non-hydrogen) atoms. The van der Waals surface area contributed by atoms with Gasteiger partial charge in [0.15, 0.2) is 6.07 Å². The molecule has 0 saturated carbocycles. The lowest BCUT2D eigenvalue weighted by Gasteiger charge is -2.23. The third-order valence-corrected chi connectivity index (χ3v) is 6.58. The first-order chi connectivity index (χ1) is 14.9. The molecule has 0 aromatic heterocycles. The summed E-state index contributed by atoms with van der Waals surface area (Å²) in [4.78, 5) is 24.4. The van der Waals surface area contributed by atoms with Gasteiger partial charge in [0.2, 0.25) is 0 Å². The summed E-state index contributed by atoms with van der Waals surface area (Å²) in [7, 11) is -3.62. The number of esters is 2. The van der Waals surface area contributed by atoms with Crippen molar-refractivity contribution in [2.45, 2.75) is 59.0 Å². The highest BCUT2D eigenvalue weighted by molar-refractivity contribution is 7.53. The van der Waals surface area contributed by atoms with E-state index in [4.69, 9.17) is 30.1 Å². The predicted octanol–water partition coefficient (Wildman–Crippen LogP) is 5.69. The molecule has 0 bridgehead atoms. The molecule has 0 heterocycles. The zero-order valence-corrected chi connectivity index (χ0v) is 20.1. The van der Waals surface area contributed by atoms with E-state index in [-0.39, 0.29) is 44.9 Å². The number of hydrogen-bond acceptors (Lipinski definition) is 7. The number of carbonyl (C=O) groups excluding carboxylic acids is 2. The highest BCUT2D eigenvalue weighted by Crippen LogP contribution is 2.51. The molecule has 1 aromatic carbocycles. The number of benzene rings is 1. The van der Waals surface area contributed by atoms with E-state index < -0.39 is 25.5 Å². The fourth-order valence-corrected chi connectivity index (χ4v) is 4.68. The molecule has 0 fully saturated rings. The molecular formula is C22H34ClO7P. The summed E-state index contributed by atoms with van der Waals surface area (Å²) < 4.78 is 34.9. The second-order valence-corrected chi connectivity index (χ2v) is 9.44. The minimum absolute atomic E-state index is 0.0477. The van der Waals surface area contributed by atoms with Gasteiger partial charge in [-0.05, 0) is 24.8 Å². The van der Waals surface area contributed by atoms with Crippen LogP contribution in [-0.2, 0) is 39.3 Å². The lowest BCUT2D eigenvalue weighted by atomic mass is 10.1. The summed E-state index contributed by atoms with van der Waals surface area (Å²) in [5.74, 6) is -1.87. The molecular weight excluding hydrogens is 443 g/mol. The summed E-state index contributed by atoms with van der Waals surface area (Å²) >= 11 is 5.42. The minimum Gasteiger partial charge on any atom is -0.465 e. The molecule has 0 radical (unpaired) electrons. The number of rotatable bonds is 17. The summed E-state index contributed by atoms with van der Waals surface area (Å²) in [5, 5.41) is 0. The van der Waals surface area contributed by atoms with Crippen molar-refractivity contribution in [1.29, 1.82) is 0 Å². The van der Waals surface area contributed by atoms with E-state index in [1.807, 2.05) is 44.2 Å². The Morgan fingerprint density at radius 2 is 1.68 bits per heavy atom. The van der Waals surface area contributed by atoms with E-state index in [0.29, 0.717) is 6.42 Å². The third-order valence-electron chi connectivity index (χ3n) is 4.49. The van der Waals surface area contributed by atoms with E-state index in [2.05, 4.69) is 0 Å². The normalized spacial score (nSPS) is 13.9. The molecule has 0 N–H and O–H groups in total. The Balaban J connectivity index is 2.89. The van der Waals surface area contributed by atoms with Crippen molar-refractivity contribution in [2.24, 2.45) is 5.92 Å². The maximum Gasteiger partial charge on any atom is 0.331 e. The Labute approximate surface area is 190 Å². The molecule has 0 aliphatic heterocycles. The molecule has 7 nitrogen and oxygen atoms in total. The molecule has 1 aromatic rings. The first-order valence-electron chi connectivity index (χ1n) is 10.7. The Morgan fingerprint density at radius 3 is 2.32 bits per heavy atom. The number of carbonyl (C=O) groups is 2. The van der Waals surface area contributed by atoms with Gasteiger partial charge in [-0.2, -0.15) is 0 Å². The molecule has 1 unspecified atom stereocenters. The van der Waals surface area contributed by atoms with E-state index in [1.54, 1.807) is 0 Å². The number of halogens is 1. The van der Waals surface area contributed by atoms with Crippen LogP contribution in [-0.4, -0.2) is 37.4 Å². The maximum absolute atomic E-state index is 13.5. The largest absolute Gasteiger partial charge is 0.465 e. The Hall–Kier alpha value is -1.40. The van der Waals surface area contributed by atoms with E-state index in [9.17, 15) is 14.2 Å². The second kappa shape index (κ2) is 16.3. The third kappa shape index (κ3) is 12.3. The van der Waals surface area contributed by atoms with Crippen molar-refractivity contribution in [2.75, 3.05) is 25.4 Å². The van der Waals surface area contributed by atoms with Gasteiger partial charge in [0.1, 0.15) is 0 Å².